The molecule has 2 aromatic rings. The van der Waals surface area contributed by atoms with Crippen molar-refractivity contribution in [3.8, 4) is 11.5 Å². The number of aromatic nitrogens is 1. The Morgan fingerprint density at radius 3 is 2.33 bits per heavy atom. The molecule has 0 saturated carbocycles. The van der Waals surface area contributed by atoms with E-state index in [-0.39, 0.29) is 0 Å². The molecule has 0 saturated heterocycles. The van der Waals surface area contributed by atoms with Crippen molar-refractivity contribution < 1.29 is 4.42 Å². The molecule has 0 aliphatic heterocycles. The molecule has 2 heteroatoms. The van der Waals surface area contributed by atoms with E-state index in [9.17, 15) is 0 Å². The molecule has 0 aliphatic carbocycles. The van der Waals surface area contributed by atoms with Crippen molar-refractivity contribution in [2.75, 3.05) is 0 Å². The Labute approximate surface area is 88.6 Å². The lowest BCUT2D eigenvalue weighted by atomic mass is 10.2. The molecule has 2 nitrogen and oxygen atoms in total. The predicted molar refractivity (Wildman–Crippen MR) is 61.5 cm³/mol. The van der Waals surface area contributed by atoms with Crippen molar-refractivity contribution in [1.29, 1.82) is 0 Å². The van der Waals surface area contributed by atoms with Gasteiger partial charge in [-0.1, -0.05) is 24.3 Å². The molecule has 1 aromatic carbocycles. The Morgan fingerprint density at radius 2 is 1.80 bits per heavy atom. The molecule has 0 bridgehead atoms. The molecule has 15 heavy (non-hydrogen) atoms. The molecule has 0 radical (unpaired) electrons. The fraction of sp³-hybridized carbons (Fsp3) is 0.154. The molecule has 76 valence electrons. The minimum Gasteiger partial charge on any atom is -0.436 e. The highest BCUT2D eigenvalue weighted by Crippen LogP contribution is 2.12. The average Bonchev–Trinajstić information content (AvgIpc) is 2.73. The van der Waals surface area contributed by atoms with E-state index in [0.717, 1.165) is 16.3 Å². The number of hydrogen-bond donors (Lipinski definition) is 0. The molecular formula is C13H13NO. The molecule has 1 heterocycles. The largest absolute Gasteiger partial charge is 0.436 e. The second-order valence-corrected chi connectivity index (χ2v) is 3.21. The summed E-state index contributed by atoms with van der Waals surface area (Å²) in [5.41, 5.74) is 1.84. The Kier molecular flexibility index (Phi) is 2.68. The SMILES string of the molecule is CC=c1nc(-c2ccccc2)oc1=CC. The standard InChI is InChI=1S/C13H13NO/c1-3-11-12(4-2)15-13(14-11)10-8-6-5-7-9-10/h3-9H,1-2H3. The normalized spacial score (nSPS) is 13.5. The number of rotatable bonds is 1. The summed E-state index contributed by atoms with van der Waals surface area (Å²) in [6, 6.07) is 9.91. The van der Waals surface area contributed by atoms with E-state index in [2.05, 4.69) is 4.98 Å². The Hall–Kier alpha value is -1.83. The molecule has 0 atom stereocenters. The summed E-state index contributed by atoms with van der Waals surface area (Å²) in [5, 5.41) is 0.899. The van der Waals surface area contributed by atoms with Crippen molar-refractivity contribution in [3.05, 3.63) is 41.1 Å². The van der Waals surface area contributed by atoms with Gasteiger partial charge in [0.25, 0.3) is 0 Å². The molecule has 0 unspecified atom stereocenters. The van der Waals surface area contributed by atoms with Crippen molar-refractivity contribution in [3.63, 3.8) is 0 Å². The highest BCUT2D eigenvalue weighted by atomic mass is 16.3. The third-order valence-electron chi connectivity index (χ3n) is 2.24. The van der Waals surface area contributed by atoms with Crippen LogP contribution in [0.2, 0.25) is 0 Å². The van der Waals surface area contributed by atoms with Crippen molar-refractivity contribution in [1.82, 2.24) is 4.98 Å². The average molecular weight is 199 g/mol. The first-order valence-corrected chi connectivity index (χ1v) is 5.00. The molecule has 2 rings (SSSR count). The highest BCUT2D eigenvalue weighted by molar-refractivity contribution is 5.52. The van der Waals surface area contributed by atoms with Gasteiger partial charge in [0.2, 0.25) is 5.89 Å². The Bertz CT molecular complexity index is 520. The molecule has 0 spiro atoms. The lowest BCUT2D eigenvalue weighted by Crippen LogP contribution is -2.20. The summed E-state index contributed by atoms with van der Waals surface area (Å²) in [7, 11) is 0. The fourth-order valence-corrected chi connectivity index (χ4v) is 1.46. The molecule has 0 aliphatic rings. The third kappa shape index (κ3) is 1.84. The number of nitrogens with zero attached hydrogens (tertiary/aromatic N) is 1. The van der Waals surface area contributed by atoms with Crippen LogP contribution in [0.1, 0.15) is 13.8 Å². The second kappa shape index (κ2) is 4.13. The van der Waals surface area contributed by atoms with Gasteiger partial charge in [0, 0.05) is 5.56 Å². The quantitative estimate of drug-likeness (QED) is 0.701. The minimum atomic E-state index is 0.678. The van der Waals surface area contributed by atoms with Gasteiger partial charge in [-0.2, -0.15) is 0 Å². The van der Waals surface area contributed by atoms with Crippen molar-refractivity contribution >= 4 is 12.2 Å². The van der Waals surface area contributed by atoms with E-state index in [1.165, 1.54) is 0 Å². The molecule has 0 amide bonds. The van der Waals surface area contributed by atoms with Crippen LogP contribution in [-0.4, -0.2) is 4.98 Å². The maximum Gasteiger partial charge on any atom is 0.227 e. The van der Waals surface area contributed by atoms with Crippen LogP contribution in [0.4, 0.5) is 0 Å². The van der Waals surface area contributed by atoms with E-state index in [4.69, 9.17) is 4.42 Å². The van der Waals surface area contributed by atoms with E-state index < -0.39 is 0 Å². The first-order valence-electron chi connectivity index (χ1n) is 5.00. The van der Waals surface area contributed by atoms with Gasteiger partial charge in [0.15, 0.2) is 5.42 Å². The van der Waals surface area contributed by atoms with Crippen LogP contribution in [0, 0.1) is 0 Å². The summed E-state index contributed by atoms with van der Waals surface area (Å²) in [6.45, 7) is 3.90. The summed E-state index contributed by atoms with van der Waals surface area (Å²) >= 11 is 0. The van der Waals surface area contributed by atoms with Crippen LogP contribution in [-0.2, 0) is 0 Å². The van der Waals surface area contributed by atoms with Gasteiger partial charge in [-0.3, -0.25) is 0 Å². The predicted octanol–water partition coefficient (Wildman–Crippen LogP) is 1.94. The zero-order valence-electron chi connectivity index (χ0n) is 8.90. The smallest absolute Gasteiger partial charge is 0.227 e. The first-order chi connectivity index (χ1) is 7.35. The van der Waals surface area contributed by atoms with E-state index in [1.807, 2.05) is 56.3 Å². The lowest BCUT2D eigenvalue weighted by Gasteiger charge is -1.91. The highest BCUT2D eigenvalue weighted by Gasteiger charge is 2.02. The maximum absolute atomic E-state index is 5.64. The van der Waals surface area contributed by atoms with Crippen LogP contribution in [0.25, 0.3) is 23.6 Å². The van der Waals surface area contributed by atoms with Crippen molar-refractivity contribution in [2.45, 2.75) is 13.8 Å². The summed E-state index contributed by atoms with van der Waals surface area (Å²) < 4.78 is 5.64. The van der Waals surface area contributed by atoms with Crippen LogP contribution in [0.5, 0.6) is 0 Å². The van der Waals surface area contributed by atoms with Crippen LogP contribution < -0.4 is 10.8 Å². The van der Waals surface area contributed by atoms with Crippen LogP contribution >= 0.6 is 0 Å². The number of oxazole rings is 1. The number of hydrogen-bond acceptors (Lipinski definition) is 2. The molecule has 1 aromatic heterocycles. The fourth-order valence-electron chi connectivity index (χ4n) is 1.46. The lowest BCUT2D eigenvalue weighted by molar-refractivity contribution is 0.540. The van der Waals surface area contributed by atoms with Gasteiger partial charge in [0.05, 0.1) is 0 Å². The van der Waals surface area contributed by atoms with Gasteiger partial charge in [-0.05, 0) is 32.1 Å². The zero-order valence-corrected chi connectivity index (χ0v) is 8.90. The van der Waals surface area contributed by atoms with E-state index in [1.54, 1.807) is 0 Å². The molecular weight excluding hydrogens is 186 g/mol. The van der Waals surface area contributed by atoms with E-state index in [0.29, 0.717) is 5.89 Å². The van der Waals surface area contributed by atoms with Crippen molar-refractivity contribution in [2.24, 2.45) is 0 Å². The zero-order chi connectivity index (χ0) is 10.7. The van der Waals surface area contributed by atoms with Crippen LogP contribution in [0.3, 0.4) is 0 Å². The van der Waals surface area contributed by atoms with Gasteiger partial charge in [-0.25, -0.2) is 4.98 Å². The van der Waals surface area contributed by atoms with E-state index >= 15 is 0 Å². The monoisotopic (exact) mass is 199 g/mol. The van der Waals surface area contributed by atoms with Gasteiger partial charge < -0.3 is 4.42 Å². The first kappa shape index (κ1) is 9.71. The van der Waals surface area contributed by atoms with Gasteiger partial charge >= 0.3 is 0 Å². The minimum absolute atomic E-state index is 0.678. The summed E-state index contributed by atoms with van der Waals surface area (Å²) in [4.78, 5) is 4.42. The second-order valence-electron chi connectivity index (χ2n) is 3.21. The maximum atomic E-state index is 5.64. The summed E-state index contributed by atoms with van der Waals surface area (Å²) in [5.74, 6) is 0.678. The number of benzene rings is 1. The Morgan fingerprint density at radius 1 is 1.07 bits per heavy atom. The van der Waals surface area contributed by atoms with Gasteiger partial charge in [0.1, 0.15) is 5.35 Å². The summed E-state index contributed by atoms with van der Waals surface area (Å²) in [6.07, 6.45) is 3.88. The molecule has 0 fully saturated rings. The third-order valence-corrected chi connectivity index (χ3v) is 2.24. The topological polar surface area (TPSA) is 26.0 Å². The van der Waals surface area contributed by atoms with Gasteiger partial charge in [-0.15, -0.1) is 0 Å². The Balaban J connectivity index is 2.62. The molecule has 0 N–H and O–H groups in total. The van der Waals surface area contributed by atoms with Crippen LogP contribution in [0.15, 0.2) is 34.7 Å².